The Morgan fingerprint density at radius 3 is 2.79 bits per heavy atom. The van der Waals surface area contributed by atoms with Crippen LogP contribution in [-0.2, 0) is 4.79 Å². The first-order valence-corrected chi connectivity index (χ1v) is 5.39. The van der Waals surface area contributed by atoms with Gasteiger partial charge in [-0.2, -0.15) is 0 Å². The van der Waals surface area contributed by atoms with Crippen LogP contribution in [0.15, 0.2) is 29.2 Å². The third-order valence-corrected chi connectivity index (χ3v) is 2.88. The largest absolute Gasteiger partial charge is 0.301 e. The van der Waals surface area contributed by atoms with Gasteiger partial charge in [0.15, 0.2) is 0 Å². The summed E-state index contributed by atoms with van der Waals surface area (Å²) in [7, 11) is 0. The summed E-state index contributed by atoms with van der Waals surface area (Å²) in [5.74, 6) is 0. The molecule has 0 amide bonds. The van der Waals surface area contributed by atoms with Crippen molar-refractivity contribution in [2.24, 2.45) is 0 Å². The van der Waals surface area contributed by atoms with Crippen LogP contribution >= 0.6 is 23.5 Å². The van der Waals surface area contributed by atoms with E-state index in [1.165, 1.54) is 11.9 Å². The van der Waals surface area contributed by atoms with Gasteiger partial charge in [0, 0.05) is 9.92 Å². The highest BCUT2D eigenvalue weighted by Gasteiger charge is 2.15. The summed E-state index contributed by atoms with van der Waals surface area (Å²) < 4.78 is 3.04. The molecule has 1 rings (SSSR count). The first kappa shape index (κ1) is 11.6. The molecule has 1 aromatic carbocycles. The molecule has 1 N–H and O–H groups in total. The van der Waals surface area contributed by atoms with Gasteiger partial charge in [-0.15, -0.1) is 0 Å². The van der Waals surface area contributed by atoms with Crippen molar-refractivity contribution in [3.63, 3.8) is 0 Å². The molecule has 14 heavy (non-hydrogen) atoms. The van der Waals surface area contributed by atoms with Gasteiger partial charge in [-0.3, -0.25) is 0 Å². The van der Waals surface area contributed by atoms with Crippen molar-refractivity contribution in [2.45, 2.75) is 24.3 Å². The fraction of sp³-hybridized carbons (Fsp3) is 0.300. The standard InChI is InChI=1S/C10H12ClNOS/c1-10(2,7-13)12-14-9-5-3-4-8(11)6-9/h3-7,12H,1-2H3. The third kappa shape index (κ3) is 3.70. The highest BCUT2D eigenvalue weighted by Crippen LogP contribution is 2.20. The number of nitrogens with one attached hydrogen (secondary N) is 1. The summed E-state index contributed by atoms with van der Waals surface area (Å²) >= 11 is 7.22. The fourth-order valence-electron chi connectivity index (χ4n) is 0.745. The maximum atomic E-state index is 10.6. The number of carbonyl (C=O) groups excluding carboxylic acids is 1. The van der Waals surface area contributed by atoms with E-state index in [2.05, 4.69) is 4.72 Å². The van der Waals surface area contributed by atoms with Crippen LogP contribution in [0.5, 0.6) is 0 Å². The quantitative estimate of drug-likeness (QED) is 0.636. The molecule has 0 aliphatic heterocycles. The Bertz CT molecular complexity index is 328. The second-order valence-electron chi connectivity index (χ2n) is 3.50. The molecule has 0 aliphatic rings. The lowest BCUT2D eigenvalue weighted by Gasteiger charge is -2.17. The zero-order chi connectivity index (χ0) is 10.6. The van der Waals surface area contributed by atoms with E-state index in [4.69, 9.17) is 11.6 Å². The molecule has 0 aromatic heterocycles. The van der Waals surface area contributed by atoms with Crippen molar-refractivity contribution in [1.82, 2.24) is 4.72 Å². The van der Waals surface area contributed by atoms with Crippen LogP contribution in [0.3, 0.4) is 0 Å². The molecule has 0 spiro atoms. The second-order valence-corrected chi connectivity index (χ2v) is 4.82. The van der Waals surface area contributed by atoms with E-state index in [1.54, 1.807) is 0 Å². The zero-order valence-corrected chi connectivity index (χ0v) is 9.65. The molecule has 0 radical (unpaired) electrons. The van der Waals surface area contributed by atoms with Gasteiger partial charge in [0.2, 0.25) is 0 Å². The Hall–Kier alpha value is -0.510. The Morgan fingerprint density at radius 2 is 2.21 bits per heavy atom. The van der Waals surface area contributed by atoms with Crippen LogP contribution in [0.1, 0.15) is 13.8 Å². The Morgan fingerprint density at radius 1 is 1.50 bits per heavy atom. The van der Waals surface area contributed by atoms with Gasteiger partial charge >= 0.3 is 0 Å². The summed E-state index contributed by atoms with van der Waals surface area (Å²) in [5.41, 5.74) is -0.521. The predicted octanol–water partition coefficient (Wildman–Crippen LogP) is 2.91. The zero-order valence-electron chi connectivity index (χ0n) is 8.08. The molecule has 0 heterocycles. The van der Waals surface area contributed by atoms with Gasteiger partial charge in [0.05, 0.1) is 5.54 Å². The lowest BCUT2D eigenvalue weighted by Crippen LogP contribution is -2.35. The van der Waals surface area contributed by atoms with Crippen LogP contribution < -0.4 is 4.72 Å². The maximum Gasteiger partial charge on any atom is 0.140 e. The molecule has 0 aliphatic carbocycles. The number of hydrogen-bond donors (Lipinski definition) is 1. The molecule has 2 nitrogen and oxygen atoms in total. The number of carbonyl (C=O) groups is 1. The topological polar surface area (TPSA) is 29.1 Å². The summed E-state index contributed by atoms with van der Waals surface area (Å²) in [6, 6.07) is 7.47. The maximum absolute atomic E-state index is 10.6. The van der Waals surface area contributed by atoms with Crippen molar-refractivity contribution >= 4 is 29.8 Å². The molecule has 0 atom stereocenters. The summed E-state index contributed by atoms with van der Waals surface area (Å²) in [4.78, 5) is 11.6. The summed E-state index contributed by atoms with van der Waals surface area (Å²) in [6.07, 6.45) is 0.880. The lowest BCUT2D eigenvalue weighted by molar-refractivity contribution is -0.111. The minimum Gasteiger partial charge on any atom is -0.301 e. The molecule has 0 saturated heterocycles. The molecular formula is C10H12ClNOS. The van der Waals surface area contributed by atoms with E-state index in [-0.39, 0.29) is 0 Å². The Kier molecular flexibility index (Phi) is 3.98. The van der Waals surface area contributed by atoms with Crippen LogP contribution in [0.2, 0.25) is 5.02 Å². The lowest BCUT2D eigenvalue weighted by atomic mass is 10.1. The summed E-state index contributed by atoms with van der Waals surface area (Å²) in [5, 5.41) is 0.695. The van der Waals surface area contributed by atoms with E-state index in [0.717, 1.165) is 11.2 Å². The van der Waals surface area contributed by atoms with Gasteiger partial charge in [-0.1, -0.05) is 17.7 Å². The monoisotopic (exact) mass is 229 g/mol. The van der Waals surface area contributed by atoms with E-state index in [0.29, 0.717) is 5.02 Å². The number of halogens is 1. The van der Waals surface area contributed by atoms with Crippen LogP contribution in [0.4, 0.5) is 0 Å². The minimum absolute atomic E-state index is 0.521. The predicted molar refractivity (Wildman–Crippen MR) is 60.6 cm³/mol. The molecule has 0 saturated carbocycles. The van der Waals surface area contributed by atoms with Gasteiger partial charge in [-0.25, -0.2) is 4.72 Å². The second kappa shape index (κ2) is 4.82. The highest BCUT2D eigenvalue weighted by molar-refractivity contribution is 7.97. The fourth-order valence-corrected chi connectivity index (χ4v) is 1.76. The first-order chi connectivity index (χ1) is 6.53. The van der Waals surface area contributed by atoms with E-state index >= 15 is 0 Å². The van der Waals surface area contributed by atoms with Crippen LogP contribution in [0, 0.1) is 0 Å². The Balaban J connectivity index is 2.58. The summed E-state index contributed by atoms with van der Waals surface area (Å²) in [6.45, 7) is 3.63. The van der Waals surface area contributed by atoms with E-state index < -0.39 is 5.54 Å². The van der Waals surface area contributed by atoms with E-state index in [1.807, 2.05) is 38.1 Å². The van der Waals surface area contributed by atoms with Gasteiger partial charge in [0.25, 0.3) is 0 Å². The molecular weight excluding hydrogens is 218 g/mol. The third-order valence-electron chi connectivity index (χ3n) is 1.52. The van der Waals surface area contributed by atoms with Crippen molar-refractivity contribution in [2.75, 3.05) is 0 Å². The normalized spacial score (nSPS) is 11.4. The molecule has 0 bridgehead atoms. The SMILES string of the molecule is CC(C)(C=O)NSc1cccc(Cl)c1. The molecule has 0 fully saturated rings. The average Bonchev–Trinajstić information content (AvgIpc) is 2.15. The number of rotatable bonds is 4. The molecule has 1 aromatic rings. The molecule has 0 unspecified atom stereocenters. The van der Waals surface area contributed by atoms with E-state index in [9.17, 15) is 4.79 Å². The number of aldehydes is 1. The van der Waals surface area contributed by atoms with Crippen LogP contribution in [-0.4, -0.2) is 11.8 Å². The first-order valence-electron chi connectivity index (χ1n) is 4.19. The van der Waals surface area contributed by atoms with Crippen molar-refractivity contribution in [3.8, 4) is 0 Å². The van der Waals surface area contributed by atoms with Gasteiger partial charge in [0.1, 0.15) is 6.29 Å². The molecule has 4 heteroatoms. The van der Waals surface area contributed by atoms with Crippen LogP contribution in [0.25, 0.3) is 0 Å². The number of hydrogen-bond acceptors (Lipinski definition) is 3. The van der Waals surface area contributed by atoms with Crippen molar-refractivity contribution in [1.29, 1.82) is 0 Å². The highest BCUT2D eigenvalue weighted by atomic mass is 35.5. The number of benzene rings is 1. The minimum atomic E-state index is -0.521. The average molecular weight is 230 g/mol. The smallest absolute Gasteiger partial charge is 0.140 e. The molecule has 76 valence electrons. The van der Waals surface area contributed by atoms with Gasteiger partial charge < -0.3 is 4.79 Å². The van der Waals surface area contributed by atoms with Gasteiger partial charge in [-0.05, 0) is 44.0 Å². The Labute approximate surface area is 93.2 Å². The van der Waals surface area contributed by atoms with Crippen molar-refractivity contribution in [3.05, 3.63) is 29.3 Å². The van der Waals surface area contributed by atoms with Crippen molar-refractivity contribution < 1.29 is 4.79 Å².